The molecule has 0 atom stereocenters. The van der Waals surface area contributed by atoms with Crippen molar-refractivity contribution in [3.8, 4) is 0 Å². The third-order valence-corrected chi connectivity index (χ3v) is 1.07. The maximum absolute atomic E-state index is 10.5. The van der Waals surface area contributed by atoms with Crippen LogP contribution in [-0.4, -0.2) is 11.6 Å². The molecule has 0 bridgehead atoms. The third-order valence-electron chi connectivity index (χ3n) is 1.07. The summed E-state index contributed by atoms with van der Waals surface area (Å²) < 4.78 is 0. The van der Waals surface area contributed by atoms with E-state index in [1.165, 1.54) is 0 Å². The summed E-state index contributed by atoms with van der Waals surface area (Å²) in [6.07, 6.45) is 0.295. The zero-order valence-corrected chi connectivity index (χ0v) is 5.26. The van der Waals surface area contributed by atoms with Gasteiger partial charge in [-0.15, -0.1) is 0 Å². The van der Waals surface area contributed by atoms with E-state index >= 15 is 0 Å². The van der Waals surface area contributed by atoms with Crippen LogP contribution in [0.25, 0.3) is 0 Å². The zero-order chi connectivity index (χ0) is 7.49. The van der Waals surface area contributed by atoms with Crippen LogP contribution in [0.15, 0.2) is 0 Å². The maximum atomic E-state index is 10.5. The number of nitrogens with two attached hydrogens (primary N) is 3. The normalized spacial score (nSPS) is 11.1. The van der Waals surface area contributed by atoms with Crippen molar-refractivity contribution >= 4 is 5.97 Å². The molecule has 54 valence electrons. The molecule has 0 heterocycles. The van der Waals surface area contributed by atoms with E-state index in [1.807, 2.05) is 0 Å². The highest BCUT2D eigenvalue weighted by atomic mass is 16.7. The Morgan fingerprint density at radius 1 is 1.67 bits per heavy atom. The fourth-order valence-electron chi connectivity index (χ4n) is 0.254. The Bertz CT molecular complexity index is 112. The van der Waals surface area contributed by atoms with Crippen LogP contribution in [0.5, 0.6) is 0 Å². The second-order valence-corrected chi connectivity index (χ2v) is 1.80. The monoisotopic (exact) mass is 133 g/mol. The SMILES string of the molecule is CCC(N)(N)C(=O)ON. The molecule has 5 heteroatoms. The molecule has 0 fully saturated rings. The fraction of sp³-hybridized carbons (Fsp3) is 0.750. The molecule has 0 radical (unpaired) electrons. The first-order valence-electron chi connectivity index (χ1n) is 2.53. The average Bonchev–Trinajstić information content (AvgIpc) is 1.86. The van der Waals surface area contributed by atoms with Gasteiger partial charge in [-0.3, -0.25) is 0 Å². The summed E-state index contributed by atoms with van der Waals surface area (Å²) >= 11 is 0. The lowest BCUT2D eigenvalue weighted by Crippen LogP contribution is -2.57. The number of rotatable bonds is 2. The van der Waals surface area contributed by atoms with Gasteiger partial charge in [0.2, 0.25) is 0 Å². The van der Waals surface area contributed by atoms with Crippen LogP contribution in [0.1, 0.15) is 13.3 Å². The molecule has 0 unspecified atom stereocenters. The summed E-state index contributed by atoms with van der Waals surface area (Å²) in [6, 6.07) is 0. The summed E-state index contributed by atoms with van der Waals surface area (Å²) in [4.78, 5) is 14.3. The van der Waals surface area contributed by atoms with Gasteiger partial charge in [-0.05, 0) is 6.42 Å². The van der Waals surface area contributed by atoms with Crippen molar-refractivity contribution in [3.63, 3.8) is 0 Å². The predicted octanol–water partition coefficient (Wildman–Crippen LogP) is -1.57. The molecule has 0 saturated heterocycles. The molecule has 5 nitrogen and oxygen atoms in total. The zero-order valence-electron chi connectivity index (χ0n) is 5.26. The Morgan fingerprint density at radius 3 is 2.22 bits per heavy atom. The molecule has 0 aromatic rings. The van der Waals surface area contributed by atoms with Crippen LogP contribution in [0.3, 0.4) is 0 Å². The third kappa shape index (κ3) is 1.96. The topological polar surface area (TPSA) is 104 Å². The standard InChI is InChI=1S/C4H11N3O2/c1-2-4(5,6)3(8)9-7/h2,5-7H2,1H3. The molecule has 0 saturated carbocycles. The molecule has 0 spiro atoms. The average molecular weight is 133 g/mol. The molecule has 0 aliphatic heterocycles. The van der Waals surface area contributed by atoms with Crippen LogP contribution in [0.4, 0.5) is 0 Å². The molecule has 0 aromatic carbocycles. The number of hydrogen-bond donors (Lipinski definition) is 3. The molecule has 9 heavy (non-hydrogen) atoms. The van der Waals surface area contributed by atoms with Crippen LogP contribution in [0, 0.1) is 0 Å². The number of hydrogen-bond acceptors (Lipinski definition) is 5. The number of carbonyl (C=O) groups excluding carboxylic acids is 1. The van der Waals surface area contributed by atoms with E-state index in [0.717, 1.165) is 0 Å². The van der Waals surface area contributed by atoms with Crippen molar-refractivity contribution in [3.05, 3.63) is 0 Å². The predicted molar refractivity (Wildman–Crippen MR) is 31.7 cm³/mol. The van der Waals surface area contributed by atoms with E-state index in [4.69, 9.17) is 11.5 Å². The summed E-state index contributed by atoms with van der Waals surface area (Å²) in [5.74, 6) is 3.72. The van der Waals surface area contributed by atoms with E-state index in [0.29, 0.717) is 6.42 Å². The Labute approximate surface area is 53.1 Å². The van der Waals surface area contributed by atoms with E-state index in [9.17, 15) is 4.79 Å². The van der Waals surface area contributed by atoms with Crippen LogP contribution in [-0.2, 0) is 9.63 Å². The van der Waals surface area contributed by atoms with Gasteiger partial charge in [-0.25, -0.2) is 4.79 Å². The van der Waals surface area contributed by atoms with Gasteiger partial charge in [0.15, 0.2) is 5.66 Å². The maximum Gasteiger partial charge on any atom is 0.359 e. The first-order chi connectivity index (χ1) is 4.04. The van der Waals surface area contributed by atoms with Crippen molar-refractivity contribution in [2.75, 3.05) is 0 Å². The van der Waals surface area contributed by atoms with Crippen LogP contribution in [0.2, 0.25) is 0 Å². The van der Waals surface area contributed by atoms with Gasteiger partial charge in [0, 0.05) is 0 Å². The van der Waals surface area contributed by atoms with Gasteiger partial charge in [-0.2, -0.15) is 5.90 Å². The van der Waals surface area contributed by atoms with Crippen LogP contribution < -0.4 is 17.4 Å². The molecular weight excluding hydrogens is 122 g/mol. The van der Waals surface area contributed by atoms with Gasteiger partial charge in [0.25, 0.3) is 0 Å². The van der Waals surface area contributed by atoms with Crippen LogP contribution >= 0.6 is 0 Å². The minimum absolute atomic E-state index is 0.295. The second kappa shape index (κ2) is 2.77. The highest BCUT2D eigenvalue weighted by Crippen LogP contribution is 1.97. The van der Waals surface area contributed by atoms with Crippen molar-refractivity contribution in [1.29, 1.82) is 0 Å². The van der Waals surface area contributed by atoms with E-state index < -0.39 is 11.6 Å². The molecule has 0 aliphatic carbocycles. The number of carbonyl (C=O) groups is 1. The summed E-state index contributed by atoms with van der Waals surface area (Å²) in [5.41, 5.74) is 8.95. The Hall–Kier alpha value is -0.650. The highest BCUT2D eigenvalue weighted by Gasteiger charge is 2.27. The van der Waals surface area contributed by atoms with E-state index in [2.05, 4.69) is 10.7 Å². The highest BCUT2D eigenvalue weighted by molar-refractivity contribution is 5.79. The quantitative estimate of drug-likeness (QED) is 0.311. The first-order valence-corrected chi connectivity index (χ1v) is 2.53. The minimum Gasteiger partial charge on any atom is -0.371 e. The van der Waals surface area contributed by atoms with Crippen molar-refractivity contribution in [2.45, 2.75) is 19.0 Å². The Morgan fingerprint density at radius 2 is 2.11 bits per heavy atom. The van der Waals surface area contributed by atoms with Gasteiger partial charge in [-0.1, -0.05) is 6.92 Å². The Kier molecular flexibility index (Phi) is 2.57. The van der Waals surface area contributed by atoms with E-state index in [1.54, 1.807) is 6.92 Å². The van der Waals surface area contributed by atoms with Crippen molar-refractivity contribution in [2.24, 2.45) is 17.4 Å². The molecule has 0 rings (SSSR count). The first kappa shape index (κ1) is 8.35. The van der Waals surface area contributed by atoms with Gasteiger partial charge in [0.05, 0.1) is 0 Å². The summed E-state index contributed by atoms with van der Waals surface area (Å²) in [6.45, 7) is 1.66. The lowest BCUT2D eigenvalue weighted by Gasteiger charge is -2.17. The van der Waals surface area contributed by atoms with Gasteiger partial charge >= 0.3 is 5.97 Å². The summed E-state index contributed by atoms with van der Waals surface area (Å²) in [5, 5.41) is 0. The molecule has 0 aromatic heterocycles. The largest absolute Gasteiger partial charge is 0.371 e. The lowest BCUT2D eigenvalue weighted by atomic mass is 10.1. The molecule has 0 aliphatic rings. The van der Waals surface area contributed by atoms with E-state index in [-0.39, 0.29) is 0 Å². The fourth-order valence-corrected chi connectivity index (χ4v) is 0.254. The second-order valence-electron chi connectivity index (χ2n) is 1.80. The Balaban J connectivity index is 3.97. The minimum atomic E-state index is -1.44. The van der Waals surface area contributed by atoms with Gasteiger partial charge in [0.1, 0.15) is 0 Å². The molecule has 0 amide bonds. The van der Waals surface area contributed by atoms with Crippen molar-refractivity contribution in [1.82, 2.24) is 0 Å². The molecule has 6 N–H and O–H groups in total. The summed E-state index contributed by atoms with van der Waals surface area (Å²) in [7, 11) is 0. The smallest absolute Gasteiger partial charge is 0.359 e. The molecular formula is C4H11N3O2. The van der Waals surface area contributed by atoms with Crippen molar-refractivity contribution < 1.29 is 9.63 Å². The lowest BCUT2D eigenvalue weighted by molar-refractivity contribution is -0.150. The van der Waals surface area contributed by atoms with Gasteiger partial charge < -0.3 is 16.3 Å².